The van der Waals surface area contributed by atoms with Gasteiger partial charge in [-0.25, -0.2) is 4.39 Å². The lowest BCUT2D eigenvalue weighted by molar-refractivity contribution is 0.301. The van der Waals surface area contributed by atoms with Crippen LogP contribution in [0.15, 0.2) is 36.5 Å². The summed E-state index contributed by atoms with van der Waals surface area (Å²) in [7, 11) is 0. The zero-order valence-corrected chi connectivity index (χ0v) is 12.8. The number of nitrogens with one attached hydrogen (secondary N) is 1. The van der Waals surface area contributed by atoms with E-state index in [1.54, 1.807) is 6.07 Å². The van der Waals surface area contributed by atoms with E-state index in [-0.39, 0.29) is 5.02 Å². The topological polar surface area (TPSA) is 34.1 Å². The Kier molecular flexibility index (Phi) is 5.53. The van der Waals surface area contributed by atoms with Crippen molar-refractivity contribution in [2.24, 2.45) is 0 Å². The summed E-state index contributed by atoms with van der Waals surface area (Å²) in [6.45, 7) is 5.31. The van der Waals surface area contributed by atoms with E-state index in [1.165, 1.54) is 12.1 Å². The molecule has 1 aromatic carbocycles. The minimum atomic E-state index is -0.454. The molecule has 0 aliphatic rings. The number of pyridine rings is 1. The van der Waals surface area contributed by atoms with Crippen molar-refractivity contribution in [3.05, 3.63) is 58.6 Å². The molecule has 0 spiro atoms. The predicted molar refractivity (Wildman–Crippen MR) is 82.0 cm³/mol. The van der Waals surface area contributed by atoms with E-state index in [4.69, 9.17) is 16.3 Å². The van der Waals surface area contributed by atoms with Crippen molar-refractivity contribution in [3.8, 4) is 5.75 Å². The first-order chi connectivity index (χ1) is 10.0. The van der Waals surface area contributed by atoms with Gasteiger partial charge >= 0.3 is 0 Å². The molecule has 1 aromatic heterocycles. The van der Waals surface area contributed by atoms with Gasteiger partial charge in [0, 0.05) is 24.8 Å². The Balaban J connectivity index is 1.89. The SMILES string of the molecule is CC(C)NCc1ccc(COc2ccc(F)c(Cl)c2)nc1. The smallest absolute Gasteiger partial charge is 0.142 e. The summed E-state index contributed by atoms with van der Waals surface area (Å²) in [4.78, 5) is 4.34. The van der Waals surface area contributed by atoms with Crippen molar-refractivity contribution < 1.29 is 9.13 Å². The summed E-state index contributed by atoms with van der Waals surface area (Å²) in [5.74, 6) is 0.0675. The molecule has 0 atom stereocenters. The first-order valence-electron chi connectivity index (χ1n) is 6.79. The number of rotatable bonds is 6. The number of hydrogen-bond acceptors (Lipinski definition) is 3. The molecular formula is C16H18ClFN2O. The van der Waals surface area contributed by atoms with Crippen molar-refractivity contribution >= 4 is 11.6 Å². The molecular weight excluding hydrogens is 291 g/mol. The molecule has 112 valence electrons. The van der Waals surface area contributed by atoms with Gasteiger partial charge in [0.25, 0.3) is 0 Å². The second-order valence-corrected chi connectivity index (χ2v) is 5.47. The molecule has 21 heavy (non-hydrogen) atoms. The van der Waals surface area contributed by atoms with Gasteiger partial charge < -0.3 is 10.1 Å². The molecule has 5 heteroatoms. The molecule has 0 saturated carbocycles. The van der Waals surface area contributed by atoms with Crippen LogP contribution in [-0.2, 0) is 13.2 Å². The molecule has 0 unspecified atom stereocenters. The van der Waals surface area contributed by atoms with Gasteiger partial charge in [-0.2, -0.15) is 0 Å². The molecule has 0 fully saturated rings. The highest BCUT2D eigenvalue weighted by Crippen LogP contribution is 2.21. The Morgan fingerprint density at radius 2 is 2.10 bits per heavy atom. The third-order valence-electron chi connectivity index (χ3n) is 2.88. The number of nitrogens with zero attached hydrogens (tertiary/aromatic N) is 1. The molecule has 2 aromatic rings. The van der Waals surface area contributed by atoms with E-state index >= 15 is 0 Å². The molecule has 0 aliphatic heterocycles. The van der Waals surface area contributed by atoms with Gasteiger partial charge in [-0.3, -0.25) is 4.98 Å². The van der Waals surface area contributed by atoms with Crippen molar-refractivity contribution in [2.45, 2.75) is 33.0 Å². The molecule has 0 bridgehead atoms. The van der Waals surface area contributed by atoms with Crippen LogP contribution < -0.4 is 10.1 Å². The monoisotopic (exact) mass is 308 g/mol. The normalized spacial score (nSPS) is 10.9. The van der Waals surface area contributed by atoms with E-state index in [0.29, 0.717) is 18.4 Å². The van der Waals surface area contributed by atoms with Crippen LogP contribution in [0.4, 0.5) is 4.39 Å². The third kappa shape index (κ3) is 4.99. The molecule has 0 aliphatic carbocycles. The predicted octanol–water partition coefficient (Wildman–Crippen LogP) is 3.95. The highest BCUT2D eigenvalue weighted by molar-refractivity contribution is 6.30. The average molecular weight is 309 g/mol. The van der Waals surface area contributed by atoms with Gasteiger partial charge in [0.1, 0.15) is 18.2 Å². The minimum absolute atomic E-state index is 0.0515. The highest BCUT2D eigenvalue weighted by Gasteiger charge is 2.03. The number of halogens is 2. The van der Waals surface area contributed by atoms with Gasteiger partial charge in [0.15, 0.2) is 0 Å². The van der Waals surface area contributed by atoms with Crippen LogP contribution in [0.2, 0.25) is 5.02 Å². The Morgan fingerprint density at radius 3 is 2.71 bits per heavy atom. The summed E-state index contributed by atoms with van der Waals surface area (Å²) in [5.41, 5.74) is 1.93. The Morgan fingerprint density at radius 1 is 1.29 bits per heavy atom. The van der Waals surface area contributed by atoms with E-state index in [0.717, 1.165) is 17.8 Å². The van der Waals surface area contributed by atoms with Crippen molar-refractivity contribution in [1.29, 1.82) is 0 Å². The van der Waals surface area contributed by atoms with Gasteiger partial charge in [-0.05, 0) is 23.8 Å². The Labute approximate surface area is 129 Å². The van der Waals surface area contributed by atoms with Crippen LogP contribution in [-0.4, -0.2) is 11.0 Å². The quantitative estimate of drug-likeness (QED) is 0.877. The number of hydrogen-bond donors (Lipinski definition) is 1. The van der Waals surface area contributed by atoms with Crippen LogP contribution in [0.1, 0.15) is 25.1 Å². The molecule has 0 amide bonds. The fraction of sp³-hybridized carbons (Fsp3) is 0.312. The van der Waals surface area contributed by atoms with Crippen LogP contribution in [0.5, 0.6) is 5.75 Å². The van der Waals surface area contributed by atoms with Crippen molar-refractivity contribution in [1.82, 2.24) is 10.3 Å². The summed E-state index contributed by atoms with van der Waals surface area (Å²) in [6.07, 6.45) is 1.83. The summed E-state index contributed by atoms with van der Waals surface area (Å²) in [6, 6.07) is 8.66. The minimum Gasteiger partial charge on any atom is -0.487 e. The maximum Gasteiger partial charge on any atom is 0.142 e. The number of aromatic nitrogens is 1. The highest BCUT2D eigenvalue weighted by atomic mass is 35.5. The van der Waals surface area contributed by atoms with Crippen LogP contribution in [0.25, 0.3) is 0 Å². The standard InChI is InChI=1S/C16H18ClFN2O/c1-11(2)19-8-12-3-4-13(20-9-12)10-21-14-5-6-16(18)15(17)7-14/h3-7,9,11,19H,8,10H2,1-2H3. The lowest BCUT2D eigenvalue weighted by Crippen LogP contribution is -2.21. The maximum atomic E-state index is 13.0. The second kappa shape index (κ2) is 7.38. The Bertz CT molecular complexity index is 587. The number of benzene rings is 1. The van der Waals surface area contributed by atoms with Crippen molar-refractivity contribution in [3.63, 3.8) is 0 Å². The van der Waals surface area contributed by atoms with Crippen LogP contribution in [0.3, 0.4) is 0 Å². The summed E-state index contributed by atoms with van der Waals surface area (Å²) in [5, 5.41) is 3.38. The molecule has 0 saturated heterocycles. The molecule has 0 radical (unpaired) electrons. The zero-order chi connectivity index (χ0) is 15.2. The van der Waals surface area contributed by atoms with Gasteiger partial charge in [-0.15, -0.1) is 0 Å². The van der Waals surface area contributed by atoms with Crippen LogP contribution >= 0.6 is 11.6 Å². The molecule has 1 N–H and O–H groups in total. The first-order valence-corrected chi connectivity index (χ1v) is 7.17. The Hall–Kier alpha value is -1.65. The molecule has 1 heterocycles. The fourth-order valence-corrected chi connectivity index (χ4v) is 1.86. The van der Waals surface area contributed by atoms with E-state index in [1.807, 2.05) is 18.3 Å². The fourth-order valence-electron chi connectivity index (χ4n) is 1.69. The van der Waals surface area contributed by atoms with Crippen molar-refractivity contribution in [2.75, 3.05) is 0 Å². The molecule has 3 nitrogen and oxygen atoms in total. The summed E-state index contributed by atoms with van der Waals surface area (Å²) < 4.78 is 18.6. The van der Waals surface area contributed by atoms with E-state index < -0.39 is 5.82 Å². The largest absolute Gasteiger partial charge is 0.487 e. The van der Waals surface area contributed by atoms with E-state index in [2.05, 4.69) is 24.1 Å². The van der Waals surface area contributed by atoms with Crippen LogP contribution in [0, 0.1) is 5.82 Å². The van der Waals surface area contributed by atoms with Gasteiger partial charge in [0.05, 0.1) is 10.7 Å². The maximum absolute atomic E-state index is 13.0. The first kappa shape index (κ1) is 15.7. The van der Waals surface area contributed by atoms with Gasteiger partial charge in [0.2, 0.25) is 0 Å². The van der Waals surface area contributed by atoms with E-state index in [9.17, 15) is 4.39 Å². The third-order valence-corrected chi connectivity index (χ3v) is 3.17. The lowest BCUT2D eigenvalue weighted by atomic mass is 10.2. The second-order valence-electron chi connectivity index (χ2n) is 5.06. The summed E-state index contributed by atoms with van der Waals surface area (Å²) >= 11 is 5.70. The zero-order valence-electron chi connectivity index (χ0n) is 12.1. The average Bonchev–Trinajstić information content (AvgIpc) is 2.47. The lowest BCUT2D eigenvalue weighted by Gasteiger charge is -2.09. The van der Waals surface area contributed by atoms with Gasteiger partial charge in [-0.1, -0.05) is 31.5 Å². The molecule has 2 rings (SSSR count). The number of ether oxygens (including phenoxy) is 1.